The Balaban J connectivity index is 0.00000289. The minimum atomic E-state index is -3.50. The Kier molecular flexibility index (Phi) is 8.56. The van der Waals surface area contributed by atoms with Crippen LogP contribution in [0.3, 0.4) is 0 Å². The van der Waals surface area contributed by atoms with Gasteiger partial charge < -0.3 is 5.32 Å². The Labute approximate surface area is 120 Å². The molecule has 0 bridgehead atoms. The molecule has 1 aromatic rings. The summed E-state index contributed by atoms with van der Waals surface area (Å²) in [6.07, 6.45) is 1.03. The van der Waals surface area contributed by atoms with Crippen LogP contribution in [-0.4, -0.2) is 28.1 Å². The van der Waals surface area contributed by atoms with Crippen molar-refractivity contribution in [2.24, 2.45) is 0 Å². The van der Waals surface area contributed by atoms with Gasteiger partial charge in [-0.15, -0.1) is 12.4 Å². The maximum absolute atomic E-state index is 11.9. The molecule has 0 radical (unpaired) electrons. The van der Waals surface area contributed by atoms with E-state index in [4.69, 9.17) is 11.6 Å². The molecule has 0 saturated carbocycles. The van der Waals surface area contributed by atoms with Gasteiger partial charge in [0.25, 0.3) is 0 Å². The van der Waals surface area contributed by atoms with Crippen LogP contribution in [0.1, 0.15) is 13.3 Å². The average molecular weight is 313 g/mol. The highest BCUT2D eigenvalue weighted by Crippen LogP contribution is 2.19. The fourth-order valence-corrected chi connectivity index (χ4v) is 2.87. The molecular weight excluding hydrogens is 295 g/mol. The maximum atomic E-state index is 11.9. The Morgan fingerprint density at radius 3 is 2.44 bits per heavy atom. The quantitative estimate of drug-likeness (QED) is 0.758. The van der Waals surface area contributed by atoms with Gasteiger partial charge in [-0.25, -0.2) is 13.1 Å². The van der Waals surface area contributed by atoms with E-state index in [2.05, 4.69) is 17.0 Å². The number of halogens is 2. The van der Waals surface area contributed by atoms with E-state index in [1.807, 2.05) is 0 Å². The van der Waals surface area contributed by atoms with Gasteiger partial charge in [0, 0.05) is 13.1 Å². The zero-order valence-corrected chi connectivity index (χ0v) is 12.5. The second-order valence-electron chi connectivity index (χ2n) is 3.58. The van der Waals surface area contributed by atoms with Crippen LogP contribution >= 0.6 is 24.0 Å². The first-order valence-corrected chi connectivity index (χ1v) is 7.39. The third-order valence-corrected chi connectivity index (χ3v) is 4.11. The van der Waals surface area contributed by atoms with Gasteiger partial charge in [-0.3, -0.25) is 0 Å². The van der Waals surface area contributed by atoms with E-state index in [0.29, 0.717) is 13.1 Å². The zero-order valence-electron chi connectivity index (χ0n) is 10.1. The van der Waals surface area contributed by atoms with Crippen LogP contribution in [0.25, 0.3) is 0 Å². The first-order chi connectivity index (χ1) is 8.08. The fraction of sp³-hybridized carbons (Fsp3) is 0.455. The molecule has 0 fully saturated rings. The molecule has 18 heavy (non-hydrogen) atoms. The average Bonchev–Trinajstić information content (AvgIpc) is 2.29. The first kappa shape index (κ1) is 17.7. The van der Waals surface area contributed by atoms with E-state index in [1.54, 1.807) is 18.2 Å². The molecule has 1 rings (SSSR count). The summed E-state index contributed by atoms with van der Waals surface area (Å²) in [5, 5.41) is 3.35. The molecular formula is C11H18Cl2N2O2S. The lowest BCUT2D eigenvalue weighted by Crippen LogP contribution is -2.32. The highest BCUT2D eigenvalue weighted by molar-refractivity contribution is 7.89. The summed E-state index contributed by atoms with van der Waals surface area (Å²) >= 11 is 5.84. The summed E-state index contributed by atoms with van der Waals surface area (Å²) in [5.41, 5.74) is 0. The highest BCUT2D eigenvalue weighted by atomic mass is 35.5. The molecule has 0 unspecified atom stereocenters. The third-order valence-electron chi connectivity index (χ3n) is 2.15. The van der Waals surface area contributed by atoms with Crippen molar-refractivity contribution >= 4 is 34.0 Å². The zero-order chi connectivity index (χ0) is 12.7. The summed E-state index contributed by atoms with van der Waals surface area (Å²) in [7, 11) is -3.50. The smallest absolute Gasteiger partial charge is 0.242 e. The number of nitrogens with one attached hydrogen (secondary N) is 2. The normalized spacial score (nSPS) is 11.0. The van der Waals surface area contributed by atoms with Crippen LogP contribution in [-0.2, 0) is 10.0 Å². The maximum Gasteiger partial charge on any atom is 0.242 e. The Morgan fingerprint density at radius 1 is 1.17 bits per heavy atom. The molecule has 0 saturated heterocycles. The van der Waals surface area contributed by atoms with Crippen molar-refractivity contribution in [3.05, 3.63) is 29.3 Å². The molecule has 0 aromatic heterocycles. The first-order valence-electron chi connectivity index (χ1n) is 5.53. The fourth-order valence-electron chi connectivity index (χ4n) is 1.32. The molecule has 1 aromatic carbocycles. The number of sulfonamides is 1. The Morgan fingerprint density at radius 2 is 1.83 bits per heavy atom. The topological polar surface area (TPSA) is 58.2 Å². The van der Waals surface area contributed by atoms with Crippen molar-refractivity contribution in [1.29, 1.82) is 0 Å². The van der Waals surface area contributed by atoms with E-state index < -0.39 is 10.0 Å². The Hall–Kier alpha value is -0.330. The van der Waals surface area contributed by atoms with Crippen LogP contribution in [0.2, 0.25) is 5.02 Å². The second-order valence-corrected chi connectivity index (χ2v) is 5.72. The lowest BCUT2D eigenvalue weighted by Gasteiger charge is -2.08. The number of hydrogen-bond donors (Lipinski definition) is 2. The molecule has 0 aliphatic rings. The van der Waals surface area contributed by atoms with E-state index in [-0.39, 0.29) is 22.3 Å². The number of rotatable bonds is 7. The summed E-state index contributed by atoms with van der Waals surface area (Å²) in [5.74, 6) is 0. The van der Waals surface area contributed by atoms with Gasteiger partial charge >= 0.3 is 0 Å². The van der Waals surface area contributed by atoms with Gasteiger partial charge in [-0.1, -0.05) is 30.7 Å². The van der Waals surface area contributed by atoms with Crippen molar-refractivity contribution in [3.8, 4) is 0 Å². The van der Waals surface area contributed by atoms with E-state index in [0.717, 1.165) is 13.0 Å². The predicted octanol–water partition coefficient (Wildman–Crippen LogP) is 2.04. The number of benzene rings is 1. The van der Waals surface area contributed by atoms with Crippen LogP contribution in [0.4, 0.5) is 0 Å². The molecule has 0 amide bonds. The molecule has 4 nitrogen and oxygen atoms in total. The standard InChI is InChI=1S/C11H17ClN2O2S.ClH/c1-2-7-13-8-9-14-17(15,16)11-6-4-3-5-10(11)12;/h3-6,13-14H,2,7-9H2,1H3;1H. The summed E-state index contributed by atoms with van der Waals surface area (Å²) in [6, 6.07) is 6.40. The van der Waals surface area contributed by atoms with Gasteiger partial charge in [-0.2, -0.15) is 0 Å². The van der Waals surface area contributed by atoms with Gasteiger partial charge in [-0.05, 0) is 25.1 Å². The molecule has 0 aliphatic heterocycles. The van der Waals surface area contributed by atoms with E-state index in [9.17, 15) is 8.42 Å². The molecule has 7 heteroatoms. The minimum Gasteiger partial charge on any atom is -0.315 e. The molecule has 104 valence electrons. The van der Waals surface area contributed by atoms with E-state index in [1.165, 1.54) is 6.07 Å². The largest absolute Gasteiger partial charge is 0.315 e. The van der Waals surface area contributed by atoms with Crippen LogP contribution in [0.5, 0.6) is 0 Å². The van der Waals surface area contributed by atoms with Gasteiger partial charge in [0.2, 0.25) is 10.0 Å². The van der Waals surface area contributed by atoms with Crippen molar-refractivity contribution in [3.63, 3.8) is 0 Å². The SMILES string of the molecule is CCCNCCNS(=O)(=O)c1ccccc1Cl.Cl. The lowest BCUT2D eigenvalue weighted by atomic mass is 10.4. The van der Waals surface area contributed by atoms with Crippen molar-refractivity contribution in [2.75, 3.05) is 19.6 Å². The monoisotopic (exact) mass is 312 g/mol. The molecule has 0 atom stereocenters. The van der Waals surface area contributed by atoms with Crippen LogP contribution < -0.4 is 10.0 Å². The van der Waals surface area contributed by atoms with Gasteiger partial charge in [0.15, 0.2) is 0 Å². The summed E-state index contributed by atoms with van der Waals surface area (Å²) in [6.45, 7) is 3.90. The molecule has 0 spiro atoms. The van der Waals surface area contributed by atoms with Crippen molar-refractivity contribution in [2.45, 2.75) is 18.2 Å². The second kappa shape index (κ2) is 8.72. The summed E-state index contributed by atoms with van der Waals surface area (Å²) in [4.78, 5) is 0.122. The van der Waals surface area contributed by atoms with Crippen LogP contribution in [0, 0.1) is 0 Å². The highest BCUT2D eigenvalue weighted by Gasteiger charge is 2.15. The number of hydrogen-bond acceptors (Lipinski definition) is 3. The third kappa shape index (κ3) is 5.54. The van der Waals surface area contributed by atoms with Crippen molar-refractivity contribution in [1.82, 2.24) is 10.0 Å². The van der Waals surface area contributed by atoms with Gasteiger partial charge in [0.1, 0.15) is 4.90 Å². The molecule has 0 heterocycles. The van der Waals surface area contributed by atoms with Crippen molar-refractivity contribution < 1.29 is 8.42 Å². The lowest BCUT2D eigenvalue weighted by molar-refractivity contribution is 0.575. The minimum absolute atomic E-state index is 0. The van der Waals surface area contributed by atoms with Gasteiger partial charge in [0.05, 0.1) is 5.02 Å². The molecule has 2 N–H and O–H groups in total. The molecule has 0 aliphatic carbocycles. The van der Waals surface area contributed by atoms with E-state index >= 15 is 0 Å². The Bertz CT molecular complexity index is 452. The van der Waals surface area contributed by atoms with Crippen LogP contribution in [0.15, 0.2) is 29.2 Å². The predicted molar refractivity (Wildman–Crippen MR) is 77.0 cm³/mol. The summed E-state index contributed by atoms with van der Waals surface area (Å²) < 4.78 is 26.2.